The van der Waals surface area contributed by atoms with Gasteiger partial charge in [-0.2, -0.15) is 0 Å². The first-order chi connectivity index (χ1) is 27.3. The number of furan rings is 1. The van der Waals surface area contributed by atoms with Crippen molar-refractivity contribution in [3.05, 3.63) is 158 Å². The fraction of sp³-hybridized carbons (Fsp3) is 0. The van der Waals surface area contributed by atoms with Crippen molar-refractivity contribution in [3.63, 3.8) is 0 Å². The van der Waals surface area contributed by atoms with E-state index in [0.717, 1.165) is 53.2 Å². The summed E-state index contributed by atoms with van der Waals surface area (Å²) < 4.78 is 53.0. The molecule has 0 radical (unpaired) electrons. The van der Waals surface area contributed by atoms with E-state index in [0.29, 0.717) is 28.4 Å². The first-order valence-electron chi connectivity index (χ1n) is 19.0. The summed E-state index contributed by atoms with van der Waals surface area (Å²) in [5, 5.41) is 6.38. The van der Waals surface area contributed by atoms with Crippen LogP contribution in [0.5, 0.6) is 0 Å². The van der Waals surface area contributed by atoms with Crippen LogP contribution < -0.4 is 0 Å². The lowest BCUT2D eigenvalue weighted by atomic mass is 10.1. The number of hydrogen-bond acceptors (Lipinski definition) is 5. The summed E-state index contributed by atoms with van der Waals surface area (Å²) in [6, 6.07) is 40.9. The van der Waals surface area contributed by atoms with Crippen molar-refractivity contribution in [1.82, 2.24) is 19.5 Å². The lowest BCUT2D eigenvalue weighted by Gasteiger charge is -2.09. The molecule has 7 aromatic carbocycles. The van der Waals surface area contributed by atoms with Crippen molar-refractivity contribution in [2.75, 3.05) is 0 Å². The molecule has 0 aliphatic carbocycles. The number of fused-ring (bicyclic) bond motifs is 9. The van der Waals surface area contributed by atoms with Gasteiger partial charge in [-0.3, -0.25) is 0 Å². The molecular formula is C45H26N4OS. The van der Waals surface area contributed by atoms with Gasteiger partial charge in [0.25, 0.3) is 0 Å². The summed E-state index contributed by atoms with van der Waals surface area (Å²) in [4.78, 5) is 14.5. The number of benzene rings is 7. The van der Waals surface area contributed by atoms with E-state index < -0.39 is 18.1 Å². The topological polar surface area (TPSA) is 56.7 Å². The van der Waals surface area contributed by atoms with Crippen molar-refractivity contribution in [2.45, 2.75) is 0 Å². The van der Waals surface area contributed by atoms with Crippen LogP contribution in [0.1, 0.15) is 6.85 Å². The summed E-state index contributed by atoms with van der Waals surface area (Å²) in [6.07, 6.45) is 0. The molecule has 0 atom stereocenters. The third kappa shape index (κ3) is 4.43. The molecule has 0 saturated carbocycles. The summed E-state index contributed by atoms with van der Waals surface area (Å²) in [5.41, 5.74) is 6.14. The molecule has 0 fully saturated rings. The molecule has 11 rings (SSSR count). The number of rotatable bonds is 4. The van der Waals surface area contributed by atoms with E-state index in [-0.39, 0.29) is 23.5 Å². The molecule has 11 aromatic rings. The Balaban J connectivity index is 1.10. The van der Waals surface area contributed by atoms with Crippen LogP contribution in [0, 0.1) is 0 Å². The molecule has 0 unspecified atom stereocenters. The lowest BCUT2D eigenvalue weighted by Crippen LogP contribution is -2.00. The fourth-order valence-electron chi connectivity index (χ4n) is 7.22. The zero-order valence-corrected chi connectivity index (χ0v) is 27.5. The van der Waals surface area contributed by atoms with E-state index in [1.54, 1.807) is 11.3 Å². The summed E-state index contributed by atoms with van der Waals surface area (Å²) in [5.74, 6) is 0.609. The number of hydrogen-bond donors (Lipinski definition) is 0. The summed E-state index contributed by atoms with van der Waals surface area (Å²) >= 11 is 1.71. The van der Waals surface area contributed by atoms with Crippen molar-refractivity contribution in [2.24, 2.45) is 0 Å². The van der Waals surface area contributed by atoms with Gasteiger partial charge in [-0.05, 0) is 66.7 Å². The van der Waals surface area contributed by atoms with Gasteiger partial charge < -0.3 is 8.98 Å². The van der Waals surface area contributed by atoms with E-state index in [2.05, 4.69) is 83.4 Å². The molecule has 5 nitrogen and oxygen atoms in total. The highest BCUT2D eigenvalue weighted by Crippen LogP contribution is 2.40. The van der Waals surface area contributed by atoms with Gasteiger partial charge in [0.2, 0.25) is 0 Å². The number of nitrogens with zero attached hydrogens (tertiary/aromatic N) is 4. The molecule has 51 heavy (non-hydrogen) atoms. The predicted octanol–water partition coefficient (Wildman–Crippen LogP) is 12.2. The zero-order chi connectivity index (χ0) is 37.8. The maximum absolute atomic E-state index is 8.75. The lowest BCUT2D eigenvalue weighted by molar-refractivity contribution is 0.669. The van der Waals surface area contributed by atoms with Crippen LogP contribution in [0.4, 0.5) is 0 Å². The number of aromatic nitrogens is 4. The van der Waals surface area contributed by atoms with Crippen LogP contribution in [-0.4, -0.2) is 19.5 Å². The van der Waals surface area contributed by atoms with Gasteiger partial charge in [-0.15, -0.1) is 11.3 Å². The van der Waals surface area contributed by atoms with Gasteiger partial charge in [0, 0.05) is 64.1 Å². The maximum atomic E-state index is 8.75. The quantitative estimate of drug-likeness (QED) is 0.186. The Morgan fingerprint density at radius 1 is 0.471 bits per heavy atom. The average molecular weight is 676 g/mol. The third-order valence-electron chi connectivity index (χ3n) is 9.55. The molecule has 0 amide bonds. The van der Waals surface area contributed by atoms with E-state index in [1.807, 2.05) is 48.5 Å². The van der Waals surface area contributed by atoms with Crippen molar-refractivity contribution in [3.8, 4) is 39.9 Å². The van der Waals surface area contributed by atoms with Crippen LogP contribution in [0.15, 0.2) is 162 Å². The molecular weight excluding hydrogens is 645 g/mol. The van der Waals surface area contributed by atoms with Gasteiger partial charge in [0.1, 0.15) is 11.2 Å². The van der Waals surface area contributed by atoms with Crippen LogP contribution in [0.3, 0.4) is 0 Å². The molecule has 0 saturated heterocycles. The highest BCUT2D eigenvalue weighted by molar-refractivity contribution is 7.25. The van der Waals surface area contributed by atoms with Gasteiger partial charge in [0.15, 0.2) is 17.5 Å². The normalized spacial score (nSPS) is 13.3. The maximum Gasteiger partial charge on any atom is 0.164 e. The Labute approximate surface area is 302 Å². The Bertz CT molecular complexity index is 3380. The highest BCUT2D eigenvalue weighted by Gasteiger charge is 2.17. The molecule has 238 valence electrons. The highest BCUT2D eigenvalue weighted by atomic mass is 32.1. The Kier molecular flexibility index (Phi) is 5.08. The predicted molar refractivity (Wildman–Crippen MR) is 211 cm³/mol. The Hall–Kier alpha value is -6.63. The summed E-state index contributed by atoms with van der Waals surface area (Å²) in [6.45, 7) is 0. The second-order valence-electron chi connectivity index (χ2n) is 12.5. The minimum Gasteiger partial charge on any atom is -0.456 e. The largest absolute Gasteiger partial charge is 0.456 e. The van der Waals surface area contributed by atoms with Crippen LogP contribution in [0.25, 0.3) is 104 Å². The van der Waals surface area contributed by atoms with Crippen LogP contribution in [-0.2, 0) is 0 Å². The van der Waals surface area contributed by atoms with Crippen molar-refractivity contribution >= 4 is 75.3 Å². The van der Waals surface area contributed by atoms with Crippen LogP contribution in [0.2, 0.25) is 0 Å². The third-order valence-corrected chi connectivity index (χ3v) is 10.7. The van der Waals surface area contributed by atoms with Crippen LogP contribution >= 0.6 is 11.3 Å². The molecule has 4 aromatic heterocycles. The van der Waals surface area contributed by atoms with E-state index in [4.69, 9.17) is 26.2 Å². The number of thiophene rings is 1. The van der Waals surface area contributed by atoms with Crippen molar-refractivity contribution in [1.29, 1.82) is 0 Å². The average Bonchev–Trinajstić information content (AvgIpc) is 3.90. The van der Waals surface area contributed by atoms with Gasteiger partial charge in [0.05, 0.1) is 17.9 Å². The molecule has 0 aliphatic rings. The Morgan fingerprint density at radius 3 is 1.82 bits per heavy atom. The van der Waals surface area contributed by atoms with Gasteiger partial charge >= 0.3 is 0 Å². The summed E-state index contributed by atoms with van der Waals surface area (Å²) in [7, 11) is 0. The SMILES string of the molecule is [2H]c1c([2H])c([2H])c(-c2nc(-c3ccc4oc5ccccc5c4c3)nc(-c3ccc4sc5cc(-n6c7ccccc7c7ccccc76)ccc5c4c3)n2)c([2H])c1[2H]. The first kappa shape index (κ1) is 23.7. The monoisotopic (exact) mass is 675 g/mol. The molecule has 0 N–H and O–H groups in total. The number of para-hydroxylation sites is 3. The second kappa shape index (κ2) is 10.9. The van der Waals surface area contributed by atoms with Gasteiger partial charge in [-0.1, -0.05) is 90.9 Å². The molecule has 4 heterocycles. The zero-order valence-electron chi connectivity index (χ0n) is 31.7. The fourth-order valence-corrected chi connectivity index (χ4v) is 8.34. The van der Waals surface area contributed by atoms with Crippen molar-refractivity contribution < 1.29 is 11.3 Å². The van der Waals surface area contributed by atoms with E-state index >= 15 is 0 Å². The molecule has 0 spiro atoms. The molecule has 0 bridgehead atoms. The first-order valence-corrected chi connectivity index (χ1v) is 17.3. The Morgan fingerprint density at radius 2 is 1.08 bits per heavy atom. The molecule has 0 aliphatic heterocycles. The minimum absolute atomic E-state index is 0.00904. The van der Waals surface area contributed by atoms with E-state index in [1.165, 1.54) is 10.8 Å². The minimum atomic E-state index is -0.480. The van der Waals surface area contributed by atoms with Gasteiger partial charge in [-0.25, -0.2) is 15.0 Å². The molecule has 6 heteroatoms. The van der Waals surface area contributed by atoms with E-state index in [9.17, 15) is 0 Å². The standard InChI is InChI=1S/C45H26N4OS/c1-2-10-27(11-3-1)43-46-44(28-18-22-40-35(24-28)33-14-6-9-17-39(33)50-40)48-45(47-43)29-19-23-41-36(25-29)34-21-20-30(26-42(34)51-41)49-37-15-7-4-12-31(37)32-13-5-8-16-38(32)49/h1-26H/i1D,2D,3D,10D,11D. The second-order valence-corrected chi connectivity index (χ2v) is 13.6. The smallest absolute Gasteiger partial charge is 0.164 e.